The maximum atomic E-state index is 12.0. The second-order valence-corrected chi connectivity index (χ2v) is 6.42. The third-order valence-electron chi connectivity index (χ3n) is 4.14. The predicted molar refractivity (Wildman–Crippen MR) is 80.9 cm³/mol. The third kappa shape index (κ3) is 4.58. The van der Waals surface area contributed by atoms with E-state index in [0.29, 0.717) is 12.3 Å². The molecular formula is C16H26N2O3. The van der Waals surface area contributed by atoms with Gasteiger partial charge in [-0.1, -0.05) is 6.92 Å². The van der Waals surface area contributed by atoms with E-state index in [0.717, 1.165) is 37.6 Å². The number of likely N-dealkylation sites (tertiary alicyclic amines) is 1. The van der Waals surface area contributed by atoms with Crippen molar-refractivity contribution >= 4 is 5.91 Å². The minimum absolute atomic E-state index is 0.0480. The molecule has 0 bridgehead atoms. The largest absolute Gasteiger partial charge is 0.463 e. The van der Waals surface area contributed by atoms with Gasteiger partial charge in [0.05, 0.1) is 13.1 Å². The van der Waals surface area contributed by atoms with E-state index < -0.39 is 5.60 Å². The lowest BCUT2D eigenvalue weighted by atomic mass is 9.99. The minimum atomic E-state index is -1.18. The van der Waals surface area contributed by atoms with Crippen LogP contribution in [0.1, 0.15) is 38.2 Å². The van der Waals surface area contributed by atoms with Crippen LogP contribution < -0.4 is 5.32 Å². The number of piperidine rings is 1. The van der Waals surface area contributed by atoms with Gasteiger partial charge in [-0.2, -0.15) is 0 Å². The van der Waals surface area contributed by atoms with Gasteiger partial charge in [0.2, 0.25) is 5.91 Å². The van der Waals surface area contributed by atoms with Gasteiger partial charge in [-0.15, -0.1) is 0 Å². The number of rotatable bonds is 5. The Bertz CT molecular complexity index is 474. The molecule has 1 fully saturated rings. The van der Waals surface area contributed by atoms with Gasteiger partial charge in [-0.25, -0.2) is 0 Å². The van der Waals surface area contributed by atoms with E-state index in [4.69, 9.17) is 4.42 Å². The van der Waals surface area contributed by atoms with Crippen LogP contribution in [-0.4, -0.2) is 42.1 Å². The molecule has 1 aliphatic heterocycles. The summed E-state index contributed by atoms with van der Waals surface area (Å²) in [5.74, 6) is 1.94. The van der Waals surface area contributed by atoms with Crippen LogP contribution in [0.2, 0.25) is 0 Å². The van der Waals surface area contributed by atoms with Crippen molar-refractivity contribution in [2.24, 2.45) is 5.92 Å². The zero-order chi connectivity index (χ0) is 15.5. The summed E-state index contributed by atoms with van der Waals surface area (Å²) in [6.07, 6.45) is 2.30. The molecule has 1 unspecified atom stereocenters. The van der Waals surface area contributed by atoms with Crippen LogP contribution >= 0.6 is 0 Å². The van der Waals surface area contributed by atoms with Gasteiger partial charge in [0.15, 0.2) is 0 Å². The van der Waals surface area contributed by atoms with Gasteiger partial charge in [-0.05, 0) is 57.8 Å². The second-order valence-electron chi connectivity index (χ2n) is 6.42. The molecule has 2 heterocycles. The summed E-state index contributed by atoms with van der Waals surface area (Å²) in [6.45, 7) is 8.23. The Balaban J connectivity index is 1.78. The van der Waals surface area contributed by atoms with Gasteiger partial charge in [0, 0.05) is 0 Å². The maximum Gasteiger partial charge on any atom is 0.234 e. The Labute approximate surface area is 126 Å². The van der Waals surface area contributed by atoms with Crippen molar-refractivity contribution in [2.45, 2.75) is 39.2 Å². The number of hydrogen-bond acceptors (Lipinski definition) is 4. The number of carbonyl (C=O) groups is 1. The fourth-order valence-corrected chi connectivity index (χ4v) is 2.56. The Morgan fingerprint density at radius 3 is 2.71 bits per heavy atom. The molecule has 0 saturated carbocycles. The lowest BCUT2D eigenvalue weighted by Gasteiger charge is -2.30. The van der Waals surface area contributed by atoms with E-state index in [2.05, 4.69) is 17.1 Å². The highest BCUT2D eigenvalue weighted by Gasteiger charge is 2.28. The van der Waals surface area contributed by atoms with Crippen molar-refractivity contribution in [2.75, 3.05) is 26.2 Å². The highest BCUT2D eigenvalue weighted by atomic mass is 16.4. The molecule has 5 heteroatoms. The molecule has 21 heavy (non-hydrogen) atoms. The van der Waals surface area contributed by atoms with Crippen LogP contribution in [0.5, 0.6) is 0 Å². The van der Waals surface area contributed by atoms with Crippen LogP contribution in [0.25, 0.3) is 0 Å². The fourth-order valence-electron chi connectivity index (χ4n) is 2.56. The maximum absolute atomic E-state index is 12.0. The molecular weight excluding hydrogens is 268 g/mol. The zero-order valence-corrected chi connectivity index (χ0v) is 13.2. The fraction of sp³-hybridized carbons (Fsp3) is 0.688. The number of aliphatic hydroxyl groups is 1. The lowest BCUT2D eigenvalue weighted by molar-refractivity contribution is -0.124. The molecule has 5 nitrogen and oxygen atoms in total. The van der Waals surface area contributed by atoms with Crippen LogP contribution in [0, 0.1) is 12.8 Å². The topological polar surface area (TPSA) is 65.7 Å². The van der Waals surface area contributed by atoms with E-state index in [-0.39, 0.29) is 12.5 Å². The van der Waals surface area contributed by atoms with Crippen molar-refractivity contribution in [3.63, 3.8) is 0 Å². The second kappa shape index (κ2) is 6.62. The first-order valence-electron chi connectivity index (χ1n) is 7.65. The Morgan fingerprint density at radius 1 is 1.48 bits per heavy atom. The van der Waals surface area contributed by atoms with E-state index >= 15 is 0 Å². The number of hydrogen-bond donors (Lipinski definition) is 2. The molecule has 0 spiro atoms. The monoisotopic (exact) mass is 294 g/mol. The summed E-state index contributed by atoms with van der Waals surface area (Å²) in [6, 6.07) is 3.55. The first kappa shape index (κ1) is 16.0. The summed E-state index contributed by atoms with van der Waals surface area (Å²) < 4.78 is 5.43. The van der Waals surface area contributed by atoms with Gasteiger partial charge in [0.1, 0.15) is 17.1 Å². The Kier molecular flexibility index (Phi) is 5.06. The lowest BCUT2D eigenvalue weighted by Crippen LogP contribution is -2.45. The molecule has 0 aliphatic carbocycles. The summed E-state index contributed by atoms with van der Waals surface area (Å²) in [4.78, 5) is 14.1. The average molecular weight is 294 g/mol. The standard InChI is InChI=1S/C16H26N2O3/c1-12-6-8-18(9-7-12)10-15(19)17-11-16(3,20)14-5-4-13(2)21-14/h4-5,12,20H,6-11H2,1-3H3,(H,17,19). The van der Waals surface area contributed by atoms with Gasteiger partial charge >= 0.3 is 0 Å². The van der Waals surface area contributed by atoms with Gasteiger partial charge in [-0.3, -0.25) is 9.69 Å². The molecule has 0 aromatic carbocycles. The van der Waals surface area contributed by atoms with E-state index in [9.17, 15) is 9.90 Å². The Hall–Kier alpha value is -1.33. The summed E-state index contributed by atoms with van der Waals surface area (Å²) in [7, 11) is 0. The molecule has 0 radical (unpaired) electrons. The predicted octanol–water partition coefficient (Wildman–Crippen LogP) is 1.64. The number of nitrogens with zero attached hydrogens (tertiary/aromatic N) is 1. The summed E-state index contributed by atoms with van der Waals surface area (Å²) in [5.41, 5.74) is -1.18. The number of furan rings is 1. The van der Waals surface area contributed by atoms with E-state index in [1.54, 1.807) is 19.1 Å². The van der Waals surface area contributed by atoms with E-state index in [1.165, 1.54) is 0 Å². The van der Waals surface area contributed by atoms with Crippen molar-refractivity contribution < 1.29 is 14.3 Å². The molecule has 1 atom stereocenters. The van der Waals surface area contributed by atoms with E-state index in [1.807, 2.05) is 6.92 Å². The van der Waals surface area contributed by atoms with Crippen LogP contribution in [0.4, 0.5) is 0 Å². The molecule has 1 saturated heterocycles. The average Bonchev–Trinajstić information content (AvgIpc) is 2.87. The molecule has 2 rings (SSSR count). The van der Waals surface area contributed by atoms with Crippen molar-refractivity contribution in [3.8, 4) is 0 Å². The van der Waals surface area contributed by atoms with Crippen LogP contribution in [-0.2, 0) is 10.4 Å². The summed E-state index contributed by atoms with van der Waals surface area (Å²) >= 11 is 0. The van der Waals surface area contributed by atoms with Crippen LogP contribution in [0.3, 0.4) is 0 Å². The molecule has 1 aromatic heterocycles. The number of aryl methyl sites for hydroxylation is 1. The molecule has 1 aliphatic rings. The number of amides is 1. The first-order valence-corrected chi connectivity index (χ1v) is 7.65. The SMILES string of the molecule is Cc1ccc(C(C)(O)CNC(=O)CN2CCC(C)CC2)o1. The third-order valence-corrected chi connectivity index (χ3v) is 4.14. The highest BCUT2D eigenvalue weighted by molar-refractivity contribution is 5.78. The summed E-state index contributed by atoms with van der Waals surface area (Å²) in [5, 5.41) is 13.2. The minimum Gasteiger partial charge on any atom is -0.463 e. The molecule has 118 valence electrons. The van der Waals surface area contributed by atoms with Gasteiger partial charge < -0.3 is 14.8 Å². The quantitative estimate of drug-likeness (QED) is 0.866. The van der Waals surface area contributed by atoms with Crippen molar-refractivity contribution in [1.82, 2.24) is 10.2 Å². The van der Waals surface area contributed by atoms with Crippen molar-refractivity contribution in [3.05, 3.63) is 23.7 Å². The van der Waals surface area contributed by atoms with Gasteiger partial charge in [0.25, 0.3) is 0 Å². The number of nitrogens with one attached hydrogen (secondary N) is 1. The zero-order valence-electron chi connectivity index (χ0n) is 13.2. The smallest absolute Gasteiger partial charge is 0.234 e. The van der Waals surface area contributed by atoms with Crippen LogP contribution in [0.15, 0.2) is 16.5 Å². The first-order chi connectivity index (χ1) is 9.87. The molecule has 1 aromatic rings. The highest BCUT2D eigenvalue weighted by Crippen LogP contribution is 2.22. The molecule has 1 amide bonds. The molecule has 2 N–H and O–H groups in total. The normalized spacial score (nSPS) is 20.2. The Morgan fingerprint density at radius 2 is 2.14 bits per heavy atom. The number of carbonyl (C=O) groups excluding carboxylic acids is 1. The van der Waals surface area contributed by atoms with Crippen molar-refractivity contribution in [1.29, 1.82) is 0 Å².